The maximum atomic E-state index is 6.15. The predicted molar refractivity (Wildman–Crippen MR) is 157 cm³/mol. The Morgan fingerprint density at radius 1 is 0.692 bits per heavy atom. The number of aromatic amines is 2. The number of nitrogens with one attached hydrogen (secondary N) is 2. The molecule has 0 radical (unpaired) electrons. The molecule has 0 unspecified atom stereocenters. The van der Waals surface area contributed by atoms with E-state index in [1.54, 1.807) is 0 Å². The molecular weight excluding hydrogens is 484 g/mol. The molecule has 1 saturated heterocycles. The lowest BCUT2D eigenvalue weighted by atomic mass is 9.86. The summed E-state index contributed by atoms with van der Waals surface area (Å²) in [6.45, 7) is 14.7. The van der Waals surface area contributed by atoms with Crippen LogP contribution in [0.5, 0.6) is 0 Å². The van der Waals surface area contributed by atoms with E-state index in [-0.39, 0.29) is 5.41 Å². The normalized spacial score (nSPS) is 19.9. The third-order valence-corrected chi connectivity index (χ3v) is 9.56. The van der Waals surface area contributed by atoms with Gasteiger partial charge in [0.1, 0.15) is 0 Å². The zero-order valence-electron chi connectivity index (χ0n) is 24.0. The number of H-pyrrole nitrogens is 2. The summed E-state index contributed by atoms with van der Waals surface area (Å²) in [5, 5.41) is 0. The second kappa shape index (κ2) is 8.64. The molecule has 1 spiro atoms. The Bertz CT molecular complexity index is 1710. The average molecular weight is 523 g/mol. The van der Waals surface area contributed by atoms with E-state index in [2.05, 4.69) is 75.8 Å². The van der Waals surface area contributed by atoms with Crippen LogP contribution in [-0.2, 0) is 34.2 Å². The van der Waals surface area contributed by atoms with Gasteiger partial charge in [0.25, 0.3) is 0 Å². The van der Waals surface area contributed by atoms with Crippen molar-refractivity contribution in [1.29, 1.82) is 0 Å². The number of rotatable bonds is 0. The van der Waals surface area contributed by atoms with Gasteiger partial charge in [-0.1, -0.05) is 13.8 Å². The van der Waals surface area contributed by atoms with Gasteiger partial charge < -0.3 is 19.4 Å². The molecule has 1 aliphatic carbocycles. The molecule has 0 aromatic carbocycles. The van der Waals surface area contributed by atoms with Crippen molar-refractivity contribution in [3.63, 3.8) is 0 Å². The van der Waals surface area contributed by atoms with Gasteiger partial charge in [0, 0.05) is 58.1 Å². The van der Waals surface area contributed by atoms with E-state index in [4.69, 9.17) is 19.4 Å². The minimum Gasteiger partial charge on any atom is -0.355 e. The molecule has 4 aliphatic rings. The average Bonchev–Trinajstić information content (AvgIpc) is 3.63. The van der Waals surface area contributed by atoms with E-state index >= 15 is 0 Å². The van der Waals surface area contributed by atoms with E-state index in [1.165, 1.54) is 33.4 Å². The highest BCUT2D eigenvalue weighted by Crippen LogP contribution is 2.39. The van der Waals surface area contributed by atoms with Crippen molar-refractivity contribution in [3.05, 3.63) is 69.3 Å². The van der Waals surface area contributed by atoms with E-state index in [0.29, 0.717) is 13.2 Å². The smallest absolute Gasteiger partial charge is 0.169 e. The van der Waals surface area contributed by atoms with Crippen molar-refractivity contribution in [2.45, 2.75) is 84.8 Å². The van der Waals surface area contributed by atoms with Crippen molar-refractivity contribution < 1.29 is 9.47 Å². The highest BCUT2D eigenvalue weighted by Gasteiger charge is 2.39. The minimum atomic E-state index is -0.450. The lowest BCUT2D eigenvalue weighted by molar-refractivity contribution is -0.164. The Hall–Kier alpha value is -3.22. The van der Waals surface area contributed by atoms with Crippen LogP contribution in [0.3, 0.4) is 0 Å². The summed E-state index contributed by atoms with van der Waals surface area (Å²) in [5.41, 5.74) is 16.5. The van der Waals surface area contributed by atoms with Gasteiger partial charge in [-0.3, -0.25) is 4.98 Å². The monoisotopic (exact) mass is 522 g/mol. The summed E-state index contributed by atoms with van der Waals surface area (Å²) < 4.78 is 12.3. The zero-order chi connectivity index (χ0) is 27.1. The summed E-state index contributed by atoms with van der Waals surface area (Å²) in [6.07, 6.45) is 4.48. The molecule has 1 fully saturated rings. The summed E-state index contributed by atoms with van der Waals surface area (Å²) >= 11 is 0. The highest BCUT2D eigenvalue weighted by atomic mass is 16.7. The van der Waals surface area contributed by atoms with Gasteiger partial charge >= 0.3 is 0 Å². The van der Waals surface area contributed by atoms with Crippen LogP contribution in [-0.4, -0.2) is 38.9 Å². The number of aryl methyl sites for hydroxylation is 4. The van der Waals surface area contributed by atoms with E-state index in [0.717, 1.165) is 76.9 Å². The molecule has 0 saturated carbocycles. The third-order valence-electron chi connectivity index (χ3n) is 9.56. The maximum Gasteiger partial charge on any atom is 0.169 e. The Balaban J connectivity index is 1.55. The molecule has 3 aromatic heterocycles. The lowest BCUT2D eigenvalue weighted by Crippen LogP contribution is -2.30. The highest BCUT2D eigenvalue weighted by molar-refractivity contribution is 5.92. The van der Waals surface area contributed by atoms with Crippen molar-refractivity contribution >= 4 is 33.2 Å². The quantitative estimate of drug-likeness (QED) is 0.333. The molecule has 3 aliphatic heterocycles. The lowest BCUT2D eigenvalue weighted by Gasteiger charge is -2.25. The molecule has 7 rings (SSSR count). The van der Waals surface area contributed by atoms with Gasteiger partial charge in [-0.25, -0.2) is 4.98 Å². The van der Waals surface area contributed by atoms with Gasteiger partial charge in [0.05, 0.1) is 24.6 Å². The molecule has 2 N–H and O–H groups in total. The molecule has 3 aromatic rings. The first-order valence-corrected chi connectivity index (χ1v) is 14.3. The van der Waals surface area contributed by atoms with Crippen LogP contribution in [0.25, 0.3) is 33.2 Å². The molecule has 0 amide bonds. The van der Waals surface area contributed by atoms with Gasteiger partial charge in [0.15, 0.2) is 5.79 Å². The first-order valence-electron chi connectivity index (χ1n) is 14.3. The number of fused-ring (bicyclic) bond motifs is 11. The topological polar surface area (TPSA) is 75.8 Å². The summed E-state index contributed by atoms with van der Waals surface area (Å²) in [7, 11) is 0. The van der Waals surface area contributed by atoms with Crippen LogP contribution in [0.1, 0.15) is 85.6 Å². The molecule has 6 nitrogen and oxygen atoms in total. The number of allylic oxidation sites excluding steroid dienone is 2. The Morgan fingerprint density at radius 3 is 1.87 bits per heavy atom. The number of nitrogens with zero attached hydrogens (tertiary/aromatic N) is 2. The van der Waals surface area contributed by atoms with Crippen LogP contribution in [0.2, 0.25) is 0 Å². The zero-order valence-corrected chi connectivity index (χ0v) is 24.0. The second-order valence-electron chi connectivity index (χ2n) is 12.5. The largest absolute Gasteiger partial charge is 0.355 e. The SMILES string of the molecule is CC1=C(C)c2cc3[nH]c(cc4nc(cc5[nH]c(cc1n2)c(C)c5C)CC4(C)C)c1c3CCC2(CC1)OCCO2. The van der Waals surface area contributed by atoms with Crippen molar-refractivity contribution in [3.8, 4) is 0 Å². The Morgan fingerprint density at radius 2 is 1.23 bits per heavy atom. The van der Waals surface area contributed by atoms with Gasteiger partial charge in [-0.05, 0) is 98.2 Å². The summed E-state index contributed by atoms with van der Waals surface area (Å²) in [6, 6.07) is 8.99. The van der Waals surface area contributed by atoms with Crippen molar-refractivity contribution in [1.82, 2.24) is 19.9 Å². The number of aromatic nitrogens is 4. The summed E-state index contributed by atoms with van der Waals surface area (Å²) in [5.74, 6) is -0.450. The van der Waals surface area contributed by atoms with Crippen LogP contribution in [0.15, 0.2) is 24.3 Å². The van der Waals surface area contributed by atoms with Crippen LogP contribution in [0.4, 0.5) is 0 Å². The van der Waals surface area contributed by atoms with Crippen molar-refractivity contribution in [2.24, 2.45) is 0 Å². The second-order valence-corrected chi connectivity index (χ2v) is 12.5. The van der Waals surface area contributed by atoms with Gasteiger partial charge in [-0.2, -0.15) is 0 Å². The van der Waals surface area contributed by atoms with Crippen LogP contribution >= 0.6 is 0 Å². The Labute approximate surface area is 229 Å². The van der Waals surface area contributed by atoms with Crippen LogP contribution in [0, 0.1) is 13.8 Å². The standard InChI is InChI=1S/C33H38N4O2/c1-18-19(2)26-14-27-20(3)21(4)28(36-27)15-29-23-7-9-33(38-11-12-39-33)10-8-24(23)30(37-29)16-31-32(5,6)17-22(34-31)13-25(18)35-26/h13-16,35,37H,7-12,17H2,1-6H3. The number of ether oxygens (including phenoxy) is 2. The fourth-order valence-corrected chi connectivity index (χ4v) is 6.74. The fourth-order valence-electron chi connectivity index (χ4n) is 6.74. The molecule has 0 atom stereocenters. The van der Waals surface area contributed by atoms with Gasteiger partial charge in [0.2, 0.25) is 0 Å². The first-order chi connectivity index (χ1) is 18.6. The summed E-state index contributed by atoms with van der Waals surface area (Å²) in [4.78, 5) is 17.8. The fraction of sp³-hybridized carbons (Fsp3) is 0.455. The maximum absolute atomic E-state index is 6.15. The molecule has 202 valence electrons. The van der Waals surface area contributed by atoms with E-state index < -0.39 is 5.79 Å². The van der Waals surface area contributed by atoms with E-state index in [9.17, 15) is 0 Å². The molecule has 8 bridgehead atoms. The molecule has 39 heavy (non-hydrogen) atoms. The Kier molecular flexibility index (Phi) is 5.49. The minimum absolute atomic E-state index is 0.0504. The van der Waals surface area contributed by atoms with Crippen LogP contribution < -0.4 is 0 Å². The predicted octanol–water partition coefficient (Wildman–Crippen LogP) is 7.02. The molecule has 6 heterocycles. The first kappa shape index (κ1) is 24.8. The number of hydrogen-bond acceptors (Lipinski definition) is 4. The molecule has 6 heteroatoms. The third kappa shape index (κ3) is 3.99. The molecular formula is C33H38N4O2. The number of hydrogen-bond donors (Lipinski definition) is 2. The van der Waals surface area contributed by atoms with Crippen molar-refractivity contribution in [2.75, 3.05) is 13.2 Å². The van der Waals surface area contributed by atoms with E-state index in [1.807, 2.05) is 0 Å². The van der Waals surface area contributed by atoms with Gasteiger partial charge in [-0.15, -0.1) is 0 Å².